The Hall–Kier alpha value is -1.88. The molecule has 0 radical (unpaired) electrons. The molecular formula is C17H23NO4. The molecule has 1 aromatic rings. The fraction of sp³-hybridized carbons (Fsp3) is 0.529. The molecule has 0 spiro atoms. The van der Waals surface area contributed by atoms with E-state index in [0.717, 1.165) is 31.2 Å². The predicted molar refractivity (Wildman–Crippen MR) is 82.7 cm³/mol. The van der Waals surface area contributed by atoms with Gasteiger partial charge in [0.05, 0.1) is 6.61 Å². The summed E-state index contributed by atoms with van der Waals surface area (Å²) in [5.74, 6) is -1.26. The van der Waals surface area contributed by atoms with Crippen LogP contribution < -0.4 is 5.32 Å². The number of carboxylic acids is 1. The zero-order valence-electron chi connectivity index (χ0n) is 12.9. The molecule has 1 aliphatic carbocycles. The van der Waals surface area contributed by atoms with Crippen LogP contribution in [0.2, 0.25) is 0 Å². The van der Waals surface area contributed by atoms with Crippen molar-refractivity contribution < 1.29 is 19.4 Å². The average Bonchev–Trinajstić information content (AvgIpc) is 2.75. The standard InChI is InChI=1S/C17H23NO4/c1-22-12-13-6-8-14(9-7-13)15(19)18-17(16(20)21)10-4-2-3-5-11-17/h6-9H,2-5,10-12H2,1H3,(H,18,19)(H,20,21). The van der Waals surface area contributed by atoms with Crippen LogP contribution in [0.15, 0.2) is 24.3 Å². The highest BCUT2D eigenvalue weighted by atomic mass is 16.5. The number of aliphatic carboxylic acids is 1. The van der Waals surface area contributed by atoms with Gasteiger partial charge in [0, 0.05) is 12.7 Å². The van der Waals surface area contributed by atoms with Gasteiger partial charge in [-0.2, -0.15) is 0 Å². The summed E-state index contributed by atoms with van der Waals surface area (Å²) in [5, 5.41) is 12.4. The summed E-state index contributed by atoms with van der Waals surface area (Å²) in [4.78, 5) is 24.1. The Morgan fingerprint density at radius 2 is 1.73 bits per heavy atom. The minimum absolute atomic E-state index is 0.326. The van der Waals surface area contributed by atoms with E-state index in [0.29, 0.717) is 25.0 Å². The molecule has 1 aliphatic rings. The van der Waals surface area contributed by atoms with Crippen LogP contribution in [-0.2, 0) is 16.1 Å². The molecule has 1 aromatic carbocycles. The fourth-order valence-corrected chi connectivity index (χ4v) is 2.93. The number of hydrogen-bond acceptors (Lipinski definition) is 3. The Morgan fingerprint density at radius 1 is 1.14 bits per heavy atom. The monoisotopic (exact) mass is 305 g/mol. The van der Waals surface area contributed by atoms with Crippen LogP contribution in [0.4, 0.5) is 0 Å². The second-order valence-electron chi connectivity index (χ2n) is 5.89. The zero-order chi connectivity index (χ0) is 16.0. The van der Waals surface area contributed by atoms with Crippen LogP contribution in [-0.4, -0.2) is 29.6 Å². The third kappa shape index (κ3) is 3.85. The number of carboxylic acid groups (broad SMARTS) is 1. The second-order valence-corrected chi connectivity index (χ2v) is 5.89. The Kier molecular flexibility index (Phi) is 5.55. The van der Waals surface area contributed by atoms with Gasteiger partial charge in [-0.25, -0.2) is 4.79 Å². The third-order valence-corrected chi connectivity index (χ3v) is 4.25. The van der Waals surface area contributed by atoms with Crippen LogP contribution in [0.25, 0.3) is 0 Å². The van der Waals surface area contributed by atoms with E-state index >= 15 is 0 Å². The van der Waals surface area contributed by atoms with Crippen molar-refractivity contribution in [2.24, 2.45) is 0 Å². The number of rotatable bonds is 5. The summed E-state index contributed by atoms with van der Waals surface area (Å²) in [6, 6.07) is 7.05. The van der Waals surface area contributed by atoms with Gasteiger partial charge in [0.15, 0.2) is 0 Å². The van der Waals surface area contributed by atoms with Gasteiger partial charge in [-0.15, -0.1) is 0 Å². The molecule has 0 aromatic heterocycles. The number of methoxy groups -OCH3 is 1. The lowest BCUT2D eigenvalue weighted by Crippen LogP contribution is -2.54. The molecule has 5 nitrogen and oxygen atoms in total. The van der Waals surface area contributed by atoms with Crippen molar-refractivity contribution in [1.29, 1.82) is 0 Å². The Labute approximate surface area is 130 Å². The van der Waals surface area contributed by atoms with Crippen LogP contribution in [0, 0.1) is 0 Å². The molecule has 1 amide bonds. The number of ether oxygens (including phenoxy) is 1. The van der Waals surface area contributed by atoms with E-state index in [4.69, 9.17) is 4.74 Å². The Morgan fingerprint density at radius 3 is 2.23 bits per heavy atom. The number of carbonyl (C=O) groups excluding carboxylic acids is 1. The molecule has 0 heterocycles. The van der Waals surface area contributed by atoms with E-state index in [9.17, 15) is 14.7 Å². The van der Waals surface area contributed by atoms with Crippen LogP contribution in [0.5, 0.6) is 0 Å². The summed E-state index contributed by atoms with van der Waals surface area (Å²) < 4.78 is 5.03. The minimum atomic E-state index is -1.13. The lowest BCUT2D eigenvalue weighted by Gasteiger charge is -2.29. The largest absolute Gasteiger partial charge is 0.480 e. The lowest BCUT2D eigenvalue weighted by molar-refractivity contribution is -0.145. The maximum absolute atomic E-state index is 12.4. The Balaban J connectivity index is 2.12. The van der Waals surface area contributed by atoms with Crippen molar-refractivity contribution in [3.05, 3.63) is 35.4 Å². The first-order chi connectivity index (χ1) is 10.6. The second kappa shape index (κ2) is 7.40. The average molecular weight is 305 g/mol. The minimum Gasteiger partial charge on any atom is -0.480 e. The van der Waals surface area contributed by atoms with Crippen molar-refractivity contribution in [2.75, 3.05) is 7.11 Å². The summed E-state index contributed by atoms with van der Waals surface area (Å²) in [6.45, 7) is 0.487. The molecule has 22 heavy (non-hydrogen) atoms. The molecule has 1 fully saturated rings. The molecule has 0 atom stereocenters. The number of amides is 1. The Bertz CT molecular complexity index is 516. The van der Waals surface area contributed by atoms with E-state index in [2.05, 4.69) is 5.32 Å². The van der Waals surface area contributed by atoms with Crippen molar-refractivity contribution in [3.8, 4) is 0 Å². The zero-order valence-corrected chi connectivity index (χ0v) is 12.9. The lowest BCUT2D eigenvalue weighted by atomic mass is 9.89. The number of nitrogens with one attached hydrogen (secondary N) is 1. The van der Waals surface area contributed by atoms with Crippen molar-refractivity contribution in [1.82, 2.24) is 5.32 Å². The number of benzene rings is 1. The SMILES string of the molecule is COCc1ccc(C(=O)NC2(C(=O)O)CCCCCC2)cc1. The van der Waals surface area contributed by atoms with Crippen LogP contribution in [0.3, 0.4) is 0 Å². The van der Waals surface area contributed by atoms with Gasteiger partial charge in [-0.1, -0.05) is 37.8 Å². The van der Waals surface area contributed by atoms with Gasteiger partial charge < -0.3 is 15.2 Å². The normalized spacial score (nSPS) is 17.5. The number of hydrogen-bond donors (Lipinski definition) is 2. The third-order valence-electron chi connectivity index (χ3n) is 4.25. The molecule has 0 aliphatic heterocycles. The maximum atomic E-state index is 12.4. The van der Waals surface area contributed by atoms with Crippen molar-refractivity contribution in [2.45, 2.75) is 50.7 Å². The molecular weight excluding hydrogens is 282 g/mol. The number of carbonyl (C=O) groups is 2. The van der Waals surface area contributed by atoms with Gasteiger partial charge in [0.2, 0.25) is 0 Å². The fourth-order valence-electron chi connectivity index (χ4n) is 2.93. The van der Waals surface area contributed by atoms with E-state index in [1.54, 1.807) is 19.2 Å². The molecule has 2 rings (SSSR count). The molecule has 0 saturated heterocycles. The quantitative estimate of drug-likeness (QED) is 0.820. The first-order valence-corrected chi connectivity index (χ1v) is 7.71. The van der Waals surface area contributed by atoms with E-state index < -0.39 is 11.5 Å². The first-order valence-electron chi connectivity index (χ1n) is 7.71. The molecule has 1 saturated carbocycles. The molecule has 0 unspecified atom stereocenters. The van der Waals surface area contributed by atoms with Gasteiger partial charge in [0.1, 0.15) is 5.54 Å². The molecule has 2 N–H and O–H groups in total. The predicted octanol–water partition coefficient (Wildman–Crippen LogP) is 2.74. The molecule has 0 bridgehead atoms. The van der Waals surface area contributed by atoms with Gasteiger partial charge in [0.25, 0.3) is 5.91 Å². The van der Waals surface area contributed by atoms with Gasteiger partial charge in [-0.3, -0.25) is 4.79 Å². The van der Waals surface area contributed by atoms with E-state index in [1.165, 1.54) is 0 Å². The highest BCUT2D eigenvalue weighted by molar-refractivity contribution is 5.97. The van der Waals surface area contributed by atoms with E-state index in [1.807, 2.05) is 12.1 Å². The van der Waals surface area contributed by atoms with Gasteiger partial charge in [-0.05, 0) is 30.5 Å². The highest BCUT2D eigenvalue weighted by Crippen LogP contribution is 2.28. The highest BCUT2D eigenvalue weighted by Gasteiger charge is 2.40. The maximum Gasteiger partial charge on any atom is 0.329 e. The van der Waals surface area contributed by atoms with E-state index in [-0.39, 0.29) is 5.91 Å². The summed E-state index contributed by atoms with van der Waals surface area (Å²) in [5.41, 5.74) is 0.324. The summed E-state index contributed by atoms with van der Waals surface area (Å²) in [6.07, 6.45) is 4.71. The smallest absolute Gasteiger partial charge is 0.329 e. The topological polar surface area (TPSA) is 75.6 Å². The first kappa shape index (κ1) is 16.5. The summed E-state index contributed by atoms with van der Waals surface area (Å²) >= 11 is 0. The summed E-state index contributed by atoms with van der Waals surface area (Å²) in [7, 11) is 1.61. The molecule has 120 valence electrons. The molecule has 5 heteroatoms. The van der Waals surface area contributed by atoms with Crippen LogP contribution >= 0.6 is 0 Å². The van der Waals surface area contributed by atoms with Gasteiger partial charge >= 0.3 is 5.97 Å². The van der Waals surface area contributed by atoms with Crippen molar-refractivity contribution in [3.63, 3.8) is 0 Å². The van der Waals surface area contributed by atoms with Crippen LogP contribution in [0.1, 0.15) is 54.4 Å². The van der Waals surface area contributed by atoms with Crippen molar-refractivity contribution >= 4 is 11.9 Å².